The third-order valence-corrected chi connectivity index (χ3v) is 8.77. The van der Waals surface area contributed by atoms with Gasteiger partial charge in [0.15, 0.2) is 5.16 Å². The van der Waals surface area contributed by atoms with E-state index >= 15 is 0 Å². The lowest BCUT2D eigenvalue weighted by atomic mass is 10.2. The molecule has 0 aliphatic carbocycles. The van der Waals surface area contributed by atoms with E-state index in [2.05, 4.69) is 10.3 Å². The zero-order chi connectivity index (χ0) is 22.7. The van der Waals surface area contributed by atoms with E-state index in [0.717, 1.165) is 25.0 Å². The van der Waals surface area contributed by atoms with Crippen LogP contribution in [0.5, 0.6) is 0 Å². The second-order valence-corrected chi connectivity index (χ2v) is 11.2. The molecule has 0 saturated carbocycles. The van der Waals surface area contributed by atoms with Gasteiger partial charge in [0.05, 0.1) is 40.5 Å². The van der Waals surface area contributed by atoms with Crippen molar-refractivity contribution in [3.05, 3.63) is 18.2 Å². The van der Waals surface area contributed by atoms with E-state index in [1.54, 1.807) is 18.2 Å². The van der Waals surface area contributed by atoms with Crippen molar-refractivity contribution < 1.29 is 22.7 Å². The summed E-state index contributed by atoms with van der Waals surface area (Å²) in [5, 5.41) is 3.32. The molecule has 1 N–H and O–H groups in total. The summed E-state index contributed by atoms with van der Waals surface area (Å²) in [7, 11) is -3.59. The van der Waals surface area contributed by atoms with E-state index < -0.39 is 10.0 Å². The number of thioether (sulfide) groups is 1. The number of carbonyl (C=O) groups is 1. The molecule has 0 bridgehead atoms. The molecule has 2 aliphatic rings. The molecule has 2 fully saturated rings. The van der Waals surface area contributed by atoms with Crippen molar-refractivity contribution >= 4 is 38.7 Å². The van der Waals surface area contributed by atoms with Gasteiger partial charge < -0.3 is 19.4 Å². The van der Waals surface area contributed by atoms with Crippen LogP contribution in [0.4, 0.5) is 0 Å². The van der Waals surface area contributed by atoms with Crippen molar-refractivity contribution in [1.82, 2.24) is 19.2 Å². The molecule has 0 unspecified atom stereocenters. The number of aromatic nitrogens is 2. The maximum atomic E-state index is 13.0. The largest absolute Gasteiger partial charge is 0.379 e. The van der Waals surface area contributed by atoms with E-state index in [1.165, 1.54) is 16.1 Å². The fraction of sp³-hybridized carbons (Fsp3) is 0.619. The number of imidazole rings is 1. The molecule has 9 nitrogen and oxygen atoms in total. The van der Waals surface area contributed by atoms with Crippen molar-refractivity contribution in [2.75, 3.05) is 39.5 Å². The van der Waals surface area contributed by atoms with Crippen molar-refractivity contribution in [2.24, 2.45) is 0 Å². The number of morpholine rings is 1. The smallest absolute Gasteiger partial charge is 0.243 e. The number of hydrogen-bond donors (Lipinski definition) is 1. The Balaban J connectivity index is 1.51. The number of aryl methyl sites for hydroxylation is 1. The average molecular weight is 483 g/mol. The summed E-state index contributed by atoms with van der Waals surface area (Å²) in [6.07, 6.45) is 2.11. The van der Waals surface area contributed by atoms with Crippen LogP contribution in [-0.2, 0) is 30.8 Å². The molecule has 11 heteroatoms. The Morgan fingerprint density at radius 1 is 1.31 bits per heavy atom. The van der Waals surface area contributed by atoms with Gasteiger partial charge in [-0.2, -0.15) is 4.31 Å². The summed E-state index contributed by atoms with van der Waals surface area (Å²) in [4.78, 5) is 17.5. The number of nitrogens with one attached hydrogen (secondary N) is 1. The number of fused-ring (bicyclic) bond motifs is 1. The Bertz CT molecular complexity index is 1060. The molecule has 0 spiro atoms. The van der Waals surface area contributed by atoms with Crippen LogP contribution in [0.15, 0.2) is 28.3 Å². The topological polar surface area (TPSA) is 103 Å². The molecule has 176 valence electrons. The Hall–Kier alpha value is -1.66. The second kappa shape index (κ2) is 10.1. The molecule has 3 heterocycles. The highest BCUT2D eigenvalue weighted by Gasteiger charge is 2.27. The standard InChI is InChI=1S/C21H30N4O5S2/c1-3-25-19-7-6-17(32(27,28)24-8-11-29-12-9-24)13-18(19)23-21(25)31-15(2)20(26)22-14-16-5-4-10-30-16/h6-7,13,15-16H,3-5,8-12,14H2,1-2H3,(H,22,26)/t15-,16+/m0/s1. The molecular formula is C21H30N4O5S2. The van der Waals surface area contributed by atoms with E-state index in [4.69, 9.17) is 9.47 Å². The molecule has 2 saturated heterocycles. The highest BCUT2D eigenvalue weighted by atomic mass is 32.2. The molecular weight excluding hydrogens is 452 g/mol. The Morgan fingerprint density at radius 3 is 2.78 bits per heavy atom. The Morgan fingerprint density at radius 2 is 2.09 bits per heavy atom. The summed E-state index contributed by atoms with van der Waals surface area (Å²) in [5.74, 6) is -0.0595. The first-order valence-corrected chi connectivity index (χ1v) is 13.4. The normalized spacial score (nSPS) is 21.1. The molecule has 2 aromatic rings. The monoisotopic (exact) mass is 482 g/mol. The molecule has 1 aromatic carbocycles. The molecule has 2 atom stereocenters. The second-order valence-electron chi connectivity index (χ2n) is 7.95. The zero-order valence-electron chi connectivity index (χ0n) is 18.5. The van der Waals surface area contributed by atoms with Gasteiger partial charge >= 0.3 is 0 Å². The summed E-state index contributed by atoms with van der Waals surface area (Å²) in [5.41, 5.74) is 1.46. The summed E-state index contributed by atoms with van der Waals surface area (Å²) in [6, 6.07) is 5.05. The average Bonchev–Trinajstić information content (AvgIpc) is 3.44. The molecule has 1 aromatic heterocycles. The zero-order valence-corrected chi connectivity index (χ0v) is 20.1. The van der Waals surface area contributed by atoms with Gasteiger partial charge in [-0.25, -0.2) is 13.4 Å². The van der Waals surface area contributed by atoms with Crippen LogP contribution in [-0.4, -0.2) is 79.0 Å². The van der Waals surface area contributed by atoms with E-state index in [9.17, 15) is 13.2 Å². The van der Waals surface area contributed by atoms with Crippen LogP contribution < -0.4 is 5.32 Å². The first-order chi connectivity index (χ1) is 15.4. The summed E-state index contributed by atoms with van der Waals surface area (Å²) >= 11 is 1.38. The van der Waals surface area contributed by atoms with Gasteiger partial charge in [-0.3, -0.25) is 4.79 Å². The fourth-order valence-electron chi connectivity index (χ4n) is 3.95. The van der Waals surface area contributed by atoms with Gasteiger partial charge in [0.2, 0.25) is 15.9 Å². The molecule has 1 amide bonds. The highest BCUT2D eigenvalue weighted by Crippen LogP contribution is 2.29. The Labute approximate surface area is 192 Å². The minimum Gasteiger partial charge on any atom is -0.379 e. The molecule has 0 radical (unpaired) electrons. The van der Waals surface area contributed by atoms with Crippen molar-refractivity contribution in [1.29, 1.82) is 0 Å². The van der Waals surface area contributed by atoms with Crippen LogP contribution in [0.25, 0.3) is 11.0 Å². The first kappa shape index (κ1) is 23.5. The van der Waals surface area contributed by atoms with Crippen molar-refractivity contribution in [3.8, 4) is 0 Å². The minimum absolute atomic E-state index is 0.0595. The minimum atomic E-state index is -3.59. The van der Waals surface area contributed by atoms with Gasteiger partial charge in [-0.15, -0.1) is 0 Å². The van der Waals surface area contributed by atoms with Gasteiger partial charge in [0, 0.05) is 32.8 Å². The number of nitrogens with zero attached hydrogens (tertiary/aromatic N) is 3. The Kier molecular flexibility index (Phi) is 7.40. The third-order valence-electron chi connectivity index (χ3n) is 5.79. The summed E-state index contributed by atoms with van der Waals surface area (Å²) < 4.78 is 40.3. The highest BCUT2D eigenvalue weighted by molar-refractivity contribution is 8.00. The van der Waals surface area contributed by atoms with Crippen LogP contribution in [0.3, 0.4) is 0 Å². The molecule has 4 rings (SSSR count). The fourth-order valence-corrected chi connectivity index (χ4v) is 6.40. The van der Waals surface area contributed by atoms with Crippen LogP contribution in [0, 0.1) is 0 Å². The SMILES string of the molecule is CCn1c(S[C@@H](C)C(=O)NC[C@H]2CCCO2)nc2cc(S(=O)(=O)N3CCOCC3)ccc21. The number of ether oxygens (including phenoxy) is 2. The van der Waals surface area contributed by atoms with E-state index in [-0.39, 0.29) is 22.2 Å². The maximum Gasteiger partial charge on any atom is 0.243 e. The number of amides is 1. The van der Waals surface area contributed by atoms with E-state index in [1.807, 2.05) is 18.4 Å². The molecule has 32 heavy (non-hydrogen) atoms. The van der Waals surface area contributed by atoms with Crippen LogP contribution >= 0.6 is 11.8 Å². The van der Waals surface area contributed by atoms with Gasteiger partial charge in [0.25, 0.3) is 0 Å². The van der Waals surface area contributed by atoms with E-state index in [0.29, 0.717) is 50.1 Å². The quantitative estimate of drug-likeness (QED) is 0.573. The lowest BCUT2D eigenvalue weighted by molar-refractivity contribution is -0.120. The predicted molar refractivity (Wildman–Crippen MR) is 122 cm³/mol. The van der Waals surface area contributed by atoms with Gasteiger partial charge in [-0.1, -0.05) is 11.8 Å². The number of benzene rings is 1. The first-order valence-electron chi connectivity index (χ1n) is 11.0. The number of hydrogen-bond acceptors (Lipinski definition) is 7. The lowest BCUT2D eigenvalue weighted by Gasteiger charge is -2.26. The van der Waals surface area contributed by atoms with Crippen molar-refractivity contribution in [2.45, 2.75) is 54.6 Å². The van der Waals surface area contributed by atoms with Crippen LogP contribution in [0.1, 0.15) is 26.7 Å². The third kappa shape index (κ3) is 4.96. The predicted octanol–water partition coefficient (Wildman–Crippen LogP) is 1.85. The lowest BCUT2D eigenvalue weighted by Crippen LogP contribution is -2.40. The van der Waals surface area contributed by atoms with Gasteiger partial charge in [0.1, 0.15) is 0 Å². The number of rotatable bonds is 8. The molecule has 2 aliphatic heterocycles. The maximum absolute atomic E-state index is 13.0. The summed E-state index contributed by atoms with van der Waals surface area (Å²) in [6.45, 7) is 7.31. The van der Waals surface area contributed by atoms with Gasteiger partial charge in [-0.05, 0) is 44.9 Å². The number of carbonyl (C=O) groups excluding carboxylic acids is 1. The van der Waals surface area contributed by atoms with Crippen molar-refractivity contribution in [3.63, 3.8) is 0 Å². The van der Waals surface area contributed by atoms with Crippen LogP contribution in [0.2, 0.25) is 0 Å². The number of sulfonamides is 1.